The molecule has 0 aliphatic carbocycles. The van der Waals surface area contributed by atoms with Crippen molar-refractivity contribution in [2.75, 3.05) is 14.2 Å². The average molecular weight is 405 g/mol. The normalized spacial score (nSPS) is 19.4. The van der Waals surface area contributed by atoms with Crippen molar-refractivity contribution < 1.29 is 28.6 Å². The molecule has 1 aliphatic heterocycles. The molecule has 0 N–H and O–H groups in total. The van der Waals surface area contributed by atoms with Crippen LogP contribution < -0.4 is 0 Å². The second-order valence-corrected chi connectivity index (χ2v) is 7.33. The summed E-state index contributed by atoms with van der Waals surface area (Å²) in [5.41, 5.74) is -0.254. The minimum atomic E-state index is -1.40. The molecule has 0 aromatic heterocycles. The molecular formula is C20H23NO6S. The Kier molecular flexibility index (Phi) is 7.39. The van der Waals surface area contributed by atoms with Gasteiger partial charge in [-0.2, -0.15) is 0 Å². The van der Waals surface area contributed by atoms with Crippen LogP contribution in [0.3, 0.4) is 0 Å². The van der Waals surface area contributed by atoms with E-state index >= 15 is 0 Å². The minimum absolute atomic E-state index is 0.197. The zero-order chi connectivity index (χ0) is 20.7. The average Bonchev–Trinajstić information content (AvgIpc) is 3.03. The molecule has 0 unspecified atom stereocenters. The lowest BCUT2D eigenvalue weighted by Crippen LogP contribution is -2.41. The minimum Gasteiger partial charge on any atom is -0.469 e. The number of carbonyl (C=O) groups is 3. The van der Waals surface area contributed by atoms with E-state index in [1.54, 1.807) is 13.8 Å². The topological polar surface area (TPSA) is 91.3 Å². The van der Waals surface area contributed by atoms with E-state index in [2.05, 4.69) is 9.73 Å². The summed E-state index contributed by atoms with van der Waals surface area (Å²) >= 11 is 0.862. The van der Waals surface area contributed by atoms with Crippen molar-refractivity contribution in [1.29, 1.82) is 0 Å². The molecule has 28 heavy (non-hydrogen) atoms. The zero-order valence-electron chi connectivity index (χ0n) is 16.3. The van der Waals surface area contributed by atoms with Crippen molar-refractivity contribution in [3.05, 3.63) is 47.5 Å². The SMILES string of the molecule is COC(=O)/C=C(\CC(=O)OC)[C@]1(C(C)C)N=C(OCc2ccccc2)SC1=O. The van der Waals surface area contributed by atoms with Gasteiger partial charge in [0.25, 0.3) is 5.23 Å². The van der Waals surface area contributed by atoms with Crippen molar-refractivity contribution in [2.24, 2.45) is 10.9 Å². The lowest BCUT2D eigenvalue weighted by Gasteiger charge is -2.30. The Labute approximate surface area is 168 Å². The number of rotatable bonds is 7. The number of carbonyl (C=O) groups excluding carboxylic acids is 3. The van der Waals surface area contributed by atoms with Gasteiger partial charge < -0.3 is 14.2 Å². The Morgan fingerprint density at radius 1 is 1.18 bits per heavy atom. The largest absolute Gasteiger partial charge is 0.469 e. The molecule has 8 heteroatoms. The highest BCUT2D eigenvalue weighted by molar-refractivity contribution is 8.26. The Morgan fingerprint density at radius 3 is 2.43 bits per heavy atom. The summed E-state index contributed by atoms with van der Waals surface area (Å²) in [6, 6.07) is 9.48. The smallest absolute Gasteiger partial charge is 0.330 e. The molecule has 0 saturated carbocycles. The van der Waals surface area contributed by atoms with Crippen molar-refractivity contribution in [3.8, 4) is 0 Å². The highest BCUT2D eigenvalue weighted by Gasteiger charge is 2.51. The van der Waals surface area contributed by atoms with Crippen LogP contribution in [0.25, 0.3) is 0 Å². The standard InChI is InChI=1S/C20H23NO6S/c1-13(2)20(15(10-16(22)25-3)11-17(23)26-4)18(24)28-19(21-20)27-12-14-8-6-5-7-9-14/h5-10,13H,11-12H2,1-4H3/b15-10+/t20-/m0/s1. The summed E-state index contributed by atoms with van der Waals surface area (Å²) in [5.74, 6) is -1.58. The van der Waals surface area contributed by atoms with Gasteiger partial charge in [0, 0.05) is 17.8 Å². The number of nitrogens with zero attached hydrogens (tertiary/aromatic N) is 1. The predicted molar refractivity (Wildman–Crippen MR) is 106 cm³/mol. The summed E-state index contributed by atoms with van der Waals surface area (Å²) in [6.45, 7) is 3.84. The number of benzene rings is 1. The molecule has 1 aromatic carbocycles. The first kappa shape index (κ1) is 21.7. The van der Waals surface area contributed by atoms with E-state index in [1.807, 2.05) is 30.3 Å². The summed E-state index contributed by atoms with van der Waals surface area (Å²) < 4.78 is 15.1. The van der Waals surface area contributed by atoms with E-state index in [1.165, 1.54) is 14.2 Å². The van der Waals surface area contributed by atoms with Crippen LogP contribution in [-0.2, 0) is 35.2 Å². The Morgan fingerprint density at radius 2 is 1.86 bits per heavy atom. The Bertz CT molecular complexity index is 802. The molecule has 7 nitrogen and oxygen atoms in total. The number of hydrogen-bond acceptors (Lipinski definition) is 8. The molecule has 1 aromatic rings. The molecule has 0 saturated heterocycles. The van der Waals surface area contributed by atoms with E-state index < -0.39 is 17.5 Å². The number of hydrogen-bond donors (Lipinski definition) is 0. The number of ether oxygens (including phenoxy) is 3. The molecule has 0 fully saturated rings. The van der Waals surface area contributed by atoms with Gasteiger partial charge in [-0.15, -0.1) is 0 Å². The van der Waals surface area contributed by atoms with Gasteiger partial charge >= 0.3 is 11.9 Å². The molecule has 1 heterocycles. The third-order valence-corrected chi connectivity index (χ3v) is 5.23. The van der Waals surface area contributed by atoms with E-state index in [9.17, 15) is 14.4 Å². The van der Waals surface area contributed by atoms with Gasteiger partial charge in [0.15, 0.2) is 5.54 Å². The van der Waals surface area contributed by atoms with Crippen molar-refractivity contribution in [3.63, 3.8) is 0 Å². The zero-order valence-corrected chi connectivity index (χ0v) is 17.1. The second-order valence-electron chi connectivity index (χ2n) is 6.41. The van der Waals surface area contributed by atoms with E-state index in [0.29, 0.717) is 0 Å². The lowest BCUT2D eigenvalue weighted by atomic mass is 9.79. The van der Waals surface area contributed by atoms with Crippen LogP contribution in [0.4, 0.5) is 0 Å². The number of aliphatic imine (C=N–C) groups is 1. The van der Waals surface area contributed by atoms with Crippen LogP contribution in [0.1, 0.15) is 25.8 Å². The van der Waals surface area contributed by atoms with E-state index in [-0.39, 0.29) is 34.9 Å². The Hall–Kier alpha value is -2.61. The summed E-state index contributed by atoms with van der Waals surface area (Å²) in [7, 11) is 2.46. The highest BCUT2D eigenvalue weighted by Crippen LogP contribution is 2.43. The fraction of sp³-hybridized carbons (Fsp3) is 0.400. The van der Waals surface area contributed by atoms with Crippen LogP contribution in [0.5, 0.6) is 0 Å². The number of methoxy groups -OCH3 is 2. The fourth-order valence-electron chi connectivity index (χ4n) is 2.81. The monoisotopic (exact) mass is 405 g/mol. The number of esters is 2. The van der Waals surface area contributed by atoms with Crippen LogP contribution in [-0.4, -0.2) is 42.0 Å². The van der Waals surface area contributed by atoms with Crippen LogP contribution in [0.15, 0.2) is 47.0 Å². The first-order chi connectivity index (χ1) is 13.3. The van der Waals surface area contributed by atoms with Gasteiger partial charge in [0.05, 0.1) is 20.6 Å². The fourth-order valence-corrected chi connectivity index (χ4v) is 3.85. The summed E-state index contributed by atoms with van der Waals surface area (Å²) in [6.07, 6.45) is 0.880. The molecule has 1 aliphatic rings. The van der Waals surface area contributed by atoms with Gasteiger partial charge in [0.2, 0.25) is 5.12 Å². The quantitative estimate of drug-likeness (QED) is 0.509. The van der Waals surface area contributed by atoms with Crippen LogP contribution in [0.2, 0.25) is 0 Å². The number of thioether (sulfide) groups is 1. The first-order valence-corrected chi connectivity index (χ1v) is 9.49. The maximum absolute atomic E-state index is 13.0. The van der Waals surface area contributed by atoms with Crippen molar-refractivity contribution in [2.45, 2.75) is 32.4 Å². The molecule has 150 valence electrons. The molecule has 0 amide bonds. The second kappa shape index (κ2) is 9.54. The van der Waals surface area contributed by atoms with E-state index in [4.69, 9.17) is 9.47 Å². The third kappa shape index (κ3) is 4.81. The van der Waals surface area contributed by atoms with E-state index in [0.717, 1.165) is 23.4 Å². The molecule has 0 bridgehead atoms. The maximum Gasteiger partial charge on any atom is 0.330 e. The van der Waals surface area contributed by atoms with Gasteiger partial charge in [-0.3, -0.25) is 9.59 Å². The molecule has 2 rings (SSSR count). The van der Waals surface area contributed by atoms with Crippen LogP contribution >= 0.6 is 11.8 Å². The molecular weight excluding hydrogens is 382 g/mol. The summed E-state index contributed by atoms with van der Waals surface area (Å²) in [5, 5.41) is -0.118. The molecule has 1 atom stereocenters. The highest BCUT2D eigenvalue weighted by atomic mass is 32.2. The van der Waals surface area contributed by atoms with Gasteiger partial charge in [0.1, 0.15) is 6.61 Å². The van der Waals surface area contributed by atoms with Gasteiger partial charge in [-0.05, 0) is 17.1 Å². The van der Waals surface area contributed by atoms with Crippen molar-refractivity contribution >= 4 is 34.0 Å². The van der Waals surface area contributed by atoms with Crippen molar-refractivity contribution in [1.82, 2.24) is 0 Å². The Balaban J connectivity index is 2.38. The summed E-state index contributed by atoms with van der Waals surface area (Å²) in [4.78, 5) is 41.2. The predicted octanol–water partition coefficient (Wildman–Crippen LogP) is 2.89. The van der Waals surface area contributed by atoms with Gasteiger partial charge in [-0.25, -0.2) is 9.79 Å². The van der Waals surface area contributed by atoms with Crippen LogP contribution in [0, 0.1) is 5.92 Å². The van der Waals surface area contributed by atoms with Gasteiger partial charge in [-0.1, -0.05) is 44.2 Å². The first-order valence-electron chi connectivity index (χ1n) is 8.68. The lowest BCUT2D eigenvalue weighted by molar-refractivity contribution is -0.140. The maximum atomic E-state index is 13.0. The molecule has 0 spiro atoms. The third-order valence-electron chi connectivity index (χ3n) is 4.34. The molecule has 0 radical (unpaired) electrons.